The summed E-state index contributed by atoms with van der Waals surface area (Å²) in [5.41, 5.74) is 8.57. The molecule has 0 aliphatic heterocycles. The van der Waals surface area contributed by atoms with Gasteiger partial charge < -0.3 is 0 Å². The lowest BCUT2D eigenvalue weighted by atomic mass is 9.90. The quantitative estimate of drug-likeness (QED) is 0.651. The monoisotopic (exact) mass is 298 g/mol. The van der Waals surface area contributed by atoms with E-state index in [1.165, 1.54) is 16.7 Å². The Balaban J connectivity index is 2.20. The Morgan fingerprint density at radius 2 is 1.61 bits per heavy atom. The summed E-state index contributed by atoms with van der Waals surface area (Å²) in [4.78, 5) is 4.47. The van der Waals surface area contributed by atoms with E-state index < -0.39 is 0 Å². The standard InChI is InChI=1S/C21H18N2/c1-14-12-20(15(2)11-17(14)13-22)18-7-6-8-19(16(18)3)21-9-4-5-10-23-21/h4-12H,1-3H3. The van der Waals surface area contributed by atoms with Crippen LogP contribution >= 0.6 is 0 Å². The molecule has 23 heavy (non-hydrogen) atoms. The van der Waals surface area contributed by atoms with E-state index in [-0.39, 0.29) is 0 Å². The van der Waals surface area contributed by atoms with Crippen LogP contribution in [0.25, 0.3) is 22.4 Å². The molecule has 112 valence electrons. The molecule has 0 atom stereocenters. The number of rotatable bonds is 2. The van der Waals surface area contributed by atoms with E-state index in [0.717, 1.165) is 27.9 Å². The van der Waals surface area contributed by atoms with Gasteiger partial charge in [0.1, 0.15) is 0 Å². The fourth-order valence-corrected chi connectivity index (χ4v) is 2.95. The molecule has 3 aromatic rings. The molecule has 0 radical (unpaired) electrons. The number of hydrogen-bond acceptors (Lipinski definition) is 2. The van der Waals surface area contributed by atoms with E-state index in [9.17, 15) is 5.26 Å². The van der Waals surface area contributed by atoms with Crippen molar-refractivity contribution >= 4 is 0 Å². The maximum absolute atomic E-state index is 9.19. The predicted octanol–water partition coefficient (Wildman–Crippen LogP) is 5.21. The van der Waals surface area contributed by atoms with E-state index in [0.29, 0.717) is 0 Å². The summed E-state index contributed by atoms with van der Waals surface area (Å²) in [5.74, 6) is 0. The number of pyridine rings is 1. The van der Waals surface area contributed by atoms with Crippen LogP contribution in [0.5, 0.6) is 0 Å². The van der Waals surface area contributed by atoms with Crippen LogP contribution in [0.3, 0.4) is 0 Å². The molecule has 0 fully saturated rings. The van der Waals surface area contributed by atoms with Crippen LogP contribution in [-0.2, 0) is 0 Å². The highest BCUT2D eigenvalue weighted by Gasteiger charge is 2.12. The van der Waals surface area contributed by atoms with Gasteiger partial charge in [-0.05, 0) is 72.9 Å². The average Bonchev–Trinajstić information content (AvgIpc) is 2.58. The van der Waals surface area contributed by atoms with Crippen LogP contribution in [0.1, 0.15) is 22.3 Å². The molecule has 0 saturated heterocycles. The van der Waals surface area contributed by atoms with E-state index in [4.69, 9.17) is 0 Å². The Hall–Kier alpha value is -2.92. The van der Waals surface area contributed by atoms with Gasteiger partial charge in [0.2, 0.25) is 0 Å². The van der Waals surface area contributed by atoms with Crippen molar-refractivity contribution in [1.29, 1.82) is 5.26 Å². The van der Waals surface area contributed by atoms with Crippen molar-refractivity contribution < 1.29 is 0 Å². The third kappa shape index (κ3) is 2.74. The molecule has 0 saturated carbocycles. The van der Waals surface area contributed by atoms with Crippen LogP contribution in [0.4, 0.5) is 0 Å². The number of aryl methyl sites for hydroxylation is 2. The van der Waals surface area contributed by atoms with Crippen molar-refractivity contribution in [3.05, 3.63) is 77.0 Å². The van der Waals surface area contributed by atoms with Gasteiger partial charge in [-0.15, -0.1) is 0 Å². The molecule has 2 aromatic carbocycles. The van der Waals surface area contributed by atoms with Gasteiger partial charge >= 0.3 is 0 Å². The predicted molar refractivity (Wildman–Crippen MR) is 94.0 cm³/mol. The van der Waals surface area contributed by atoms with Gasteiger partial charge in [-0.3, -0.25) is 4.98 Å². The van der Waals surface area contributed by atoms with Gasteiger partial charge in [-0.25, -0.2) is 0 Å². The number of hydrogen-bond donors (Lipinski definition) is 0. The zero-order valence-electron chi connectivity index (χ0n) is 13.6. The van der Waals surface area contributed by atoms with Crippen molar-refractivity contribution in [2.24, 2.45) is 0 Å². The molecule has 0 bridgehead atoms. The molecule has 0 N–H and O–H groups in total. The Kier molecular flexibility index (Phi) is 3.95. The van der Waals surface area contributed by atoms with E-state index in [1.54, 1.807) is 0 Å². The zero-order valence-corrected chi connectivity index (χ0v) is 13.6. The second-order valence-corrected chi connectivity index (χ2v) is 5.79. The fraction of sp³-hybridized carbons (Fsp3) is 0.143. The molecule has 3 rings (SSSR count). The first kappa shape index (κ1) is 15.0. The maximum Gasteiger partial charge on any atom is 0.0994 e. The summed E-state index contributed by atoms with van der Waals surface area (Å²) < 4.78 is 0. The Morgan fingerprint density at radius 3 is 2.30 bits per heavy atom. The highest BCUT2D eigenvalue weighted by molar-refractivity contribution is 5.79. The molecule has 0 unspecified atom stereocenters. The third-order valence-corrected chi connectivity index (χ3v) is 4.26. The second kappa shape index (κ2) is 6.06. The molecule has 1 aromatic heterocycles. The van der Waals surface area contributed by atoms with Crippen molar-refractivity contribution in [2.45, 2.75) is 20.8 Å². The van der Waals surface area contributed by atoms with Crippen LogP contribution in [0.2, 0.25) is 0 Å². The highest BCUT2D eigenvalue weighted by atomic mass is 14.7. The lowest BCUT2D eigenvalue weighted by Crippen LogP contribution is -1.94. The Labute approximate surface area is 137 Å². The number of aromatic nitrogens is 1. The summed E-state index contributed by atoms with van der Waals surface area (Å²) in [5, 5.41) is 9.19. The summed E-state index contributed by atoms with van der Waals surface area (Å²) in [6.07, 6.45) is 1.82. The average molecular weight is 298 g/mol. The molecular weight excluding hydrogens is 280 g/mol. The molecular formula is C21H18N2. The first-order valence-corrected chi connectivity index (χ1v) is 7.64. The van der Waals surface area contributed by atoms with Crippen LogP contribution in [-0.4, -0.2) is 4.98 Å². The fourth-order valence-electron chi connectivity index (χ4n) is 2.95. The highest BCUT2D eigenvalue weighted by Crippen LogP contribution is 2.33. The molecule has 0 aliphatic rings. The van der Waals surface area contributed by atoms with E-state index in [1.807, 2.05) is 37.4 Å². The van der Waals surface area contributed by atoms with Gasteiger partial charge in [0.05, 0.1) is 17.3 Å². The topological polar surface area (TPSA) is 36.7 Å². The lowest BCUT2D eigenvalue weighted by Gasteiger charge is -2.14. The number of nitrogens with zero attached hydrogens (tertiary/aromatic N) is 2. The van der Waals surface area contributed by atoms with Gasteiger partial charge in [0.25, 0.3) is 0 Å². The molecule has 2 nitrogen and oxygen atoms in total. The second-order valence-electron chi connectivity index (χ2n) is 5.79. The molecule has 0 spiro atoms. The number of benzene rings is 2. The molecule has 0 aliphatic carbocycles. The summed E-state index contributed by atoms with van der Waals surface area (Å²) >= 11 is 0. The van der Waals surface area contributed by atoms with Crippen LogP contribution in [0, 0.1) is 32.1 Å². The minimum absolute atomic E-state index is 0.741. The zero-order chi connectivity index (χ0) is 16.4. The van der Waals surface area contributed by atoms with Crippen molar-refractivity contribution in [1.82, 2.24) is 4.98 Å². The molecule has 2 heteroatoms. The minimum atomic E-state index is 0.741. The summed E-state index contributed by atoms with van der Waals surface area (Å²) in [6.45, 7) is 6.17. The van der Waals surface area contributed by atoms with E-state index in [2.05, 4.69) is 49.2 Å². The SMILES string of the molecule is Cc1cc(-c2cccc(-c3ccccn3)c2C)c(C)cc1C#N. The lowest BCUT2D eigenvalue weighted by molar-refractivity contribution is 1.30. The smallest absolute Gasteiger partial charge is 0.0994 e. The van der Waals surface area contributed by atoms with Crippen LogP contribution in [0.15, 0.2) is 54.7 Å². The molecule has 1 heterocycles. The third-order valence-electron chi connectivity index (χ3n) is 4.26. The van der Waals surface area contributed by atoms with Gasteiger partial charge in [-0.1, -0.05) is 24.3 Å². The molecule has 0 amide bonds. The summed E-state index contributed by atoms with van der Waals surface area (Å²) in [7, 11) is 0. The Morgan fingerprint density at radius 1 is 0.826 bits per heavy atom. The van der Waals surface area contributed by atoms with Crippen molar-refractivity contribution in [3.8, 4) is 28.5 Å². The van der Waals surface area contributed by atoms with Gasteiger partial charge in [0.15, 0.2) is 0 Å². The summed E-state index contributed by atoms with van der Waals surface area (Å²) in [6, 6.07) is 18.6. The first-order chi connectivity index (χ1) is 11.1. The first-order valence-electron chi connectivity index (χ1n) is 7.64. The normalized spacial score (nSPS) is 10.3. The van der Waals surface area contributed by atoms with Crippen LogP contribution < -0.4 is 0 Å². The largest absolute Gasteiger partial charge is 0.256 e. The van der Waals surface area contributed by atoms with E-state index >= 15 is 0 Å². The van der Waals surface area contributed by atoms with Crippen molar-refractivity contribution in [3.63, 3.8) is 0 Å². The van der Waals surface area contributed by atoms with Gasteiger partial charge in [0, 0.05) is 11.8 Å². The Bertz CT molecular complexity index is 903. The maximum atomic E-state index is 9.19. The van der Waals surface area contributed by atoms with Gasteiger partial charge in [-0.2, -0.15) is 5.26 Å². The van der Waals surface area contributed by atoms with Crippen molar-refractivity contribution in [2.75, 3.05) is 0 Å². The number of nitriles is 1. The minimum Gasteiger partial charge on any atom is -0.256 e.